The summed E-state index contributed by atoms with van der Waals surface area (Å²) in [5.41, 5.74) is -0.0333. The lowest BCUT2D eigenvalue weighted by molar-refractivity contribution is -0.137. The van der Waals surface area contributed by atoms with Crippen LogP contribution in [-0.2, 0) is 17.5 Å². The molecular formula is C21H16Cl2F3N3O2. The summed E-state index contributed by atoms with van der Waals surface area (Å²) < 4.78 is 39.7. The minimum Gasteiger partial charge on any atom is -0.325 e. The van der Waals surface area contributed by atoms with Crippen LogP contribution in [-0.4, -0.2) is 15.7 Å². The van der Waals surface area contributed by atoms with Gasteiger partial charge in [0.15, 0.2) is 0 Å². The van der Waals surface area contributed by atoms with Gasteiger partial charge in [0.1, 0.15) is 0 Å². The molecule has 2 aromatic carbocycles. The summed E-state index contributed by atoms with van der Waals surface area (Å²) in [5.74, 6) is -0.525. The Kier molecular flexibility index (Phi) is 7.02. The molecule has 0 aliphatic carbocycles. The van der Waals surface area contributed by atoms with Gasteiger partial charge in [0.2, 0.25) is 5.91 Å². The van der Waals surface area contributed by atoms with Gasteiger partial charge in [-0.2, -0.15) is 18.3 Å². The fourth-order valence-corrected chi connectivity index (χ4v) is 3.07. The lowest BCUT2D eigenvalue weighted by atomic mass is 10.1. The number of nitrogens with one attached hydrogen (secondary N) is 1. The second-order valence-corrected chi connectivity index (χ2v) is 7.47. The van der Waals surface area contributed by atoms with Crippen LogP contribution in [0, 0.1) is 0 Å². The highest BCUT2D eigenvalue weighted by atomic mass is 35.5. The average molecular weight is 470 g/mol. The minimum atomic E-state index is -4.55. The second kappa shape index (κ2) is 9.53. The van der Waals surface area contributed by atoms with Gasteiger partial charge in [-0.15, -0.1) is 0 Å². The quantitative estimate of drug-likeness (QED) is 0.506. The Labute approximate surface area is 185 Å². The highest BCUT2D eigenvalue weighted by Crippen LogP contribution is 2.33. The van der Waals surface area contributed by atoms with E-state index in [1.807, 2.05) is 0 Å². The average Bonchev–Trinajstić information content (AvgIpc) is 2.71. The van der Waals surface area contributed by atoms with E-state index in [0.29, 0.717) is 10.7 Å². The number of halogens is 5. The van der Waals surface area contributed by atoms with Gasteiger partial charge in [0.25, 0.3) is 5.56 Å². The number of aromatic nitrogens is 2. The number of nitrogens with zero attached hydrogens (tertiary/aromatic N) is 2. The van der Waals surface area contributed by atoms with Crippen molar-refractivity contribution in [3.63, 3.8) is 0 Å². The van der Waals surface area contributed by atoms with Crippen LogP contribution in [0.5, 0.6) is 0 Å². The fourth-order valence-electron chi connectivity index (χ4n) is 2.78. The van der Waals surface area contributed by atoms with E-state index in [2.05, 4.69) is 10.4 Å². The summed E-state index contributed by atoms with van der Waals surface area (Å²) >= 11 is 11.8. The van der Waals surface area contributed by atoms with Crippen molar-refractivity contribution in [1.29, 1.82) is 0 Å². The zero-order valence-electron chi connectivity index (χ0n) is 15.9. The van der Waals surface area contributed by atoms with Crippen LogP contribution in [0.4, 0.5) is 18.9 Å². The van der Waals surface area contributed by atoms with Crippen molar-refractivity contribution in [2.45, 2.75) is 25.6 Å². The number of carbonyl (C=O) groups excluding carboxylic acids is 1. The Morgan fingerprint density at radius 3 is 2.42 bits per heavy atom. The maximum absolute atomic E-state index is 12.8. The molecule has 0 unspecified atom stereocenters. The molecule has 0 bridgehead atoms. The number of amides is 1. The normalized spacial score (nSPS) is 11.4. The number of hydrogen-bond donors (Lipinski definition) is 1. The smallest absolute Gasteiger partial charge is 0.325 e. The molecule has 0 saturated carbocycles. The van der Waals surface area contributed by atoms with E-state index in [9.17, 15) is 22.8 Å². The molecule has 1 heterocycles. The second-order valence-electron chi connectivity index (χ2n) is 6.63. The molecule has 0 aliphatic rings. The maximum Gasteiger partial charge on any atom is 0.416 e. The number of rotatable bonds is 6. The zero-order chi connectivity index (χ0) is 22.6. The summed E-state index contributed by atoms with van der Waals surface area (Å²) in [6, 6.07) is 12.6. The van der Waals surface area contributed by atoms with Gasteiger partial charge in [-0.3, -0.25) is 9.59 Å². The first kappa shape index (κ1) is 22.8. The lowest BCUT2D eigenvalue weighted by Gasteiger charge is -2.12. The summed E-state index contributed by atoms with van der Waals surface area (Å²) in [4.78, 5) is 24.2. The predicted octanol–water partition coefficient (Wildman–Crippen LogP) is 5.65. The first-order valence-electron chi connectivity index (χ1n) is 9.14. The predicted molar refractivity (Wildman–Crippen MR) is 113 cm³/mol. The Morgan fingerprint density at radius 2 is 1.74 bits per heavy atom. The monoisotopic (exact) mass is 469 g/mol. The van der Waals surface area contributed by atoms with Crippen molar-refractivity contribution in [2.75, 3.05) is 5.32 Å². The number of alkyl halides is 3. The molecule has 5 nitrogen and oxygen atoms in total. The van der Waals surface area contributed by atoms with Crippen LogP contribution in [0.25, 0.3) is 11.3 Å². The Hall–Kier alpha value is -2.84. The summed E-state index contributed by atoms with van der Waals surface area (Å²) in [5, 5.41) is 7.23. The molecule has 31 heavy (non-hydrogen) atoms. The van der Waals surface area contributed by atoms with Crippen molar-refractivity contribution < 1.29 is 18.0 Å². The van der Waals surface area contributed by atoms with Crippen LogP contribution >= 0.6 is 23.2 Å². The number of anilines is 1. The number of carbonyl (C=O) groups is 1. The van der Waals surface area contributed by atoms with Gasteiger partial charge in [-0.25, -0.2) is 4.68 Å². The molecule has 162 valence electrons. The van der Waals surface area contributed by atoms with Gasteiger partial charge in [0, 0.05) is 29.6 Å². The fraction of sp³-hybridized carbons (Fsp3) is 0.190. The molecule has 1 N–H and O–H groups in total. The topological polar surface area (TPSA) is 64.0 Å². The molecule has 0 radical (unpaired) electrons. The molecule has 0 saturated heterocycles. The van der Waals surface area contributed by atoms with Gasteiger partial charge in [-0.1, -0.05) is 35.3 Å². The van der Waals surface area contributed by atoms with Gasteiger partial charge in [0.05, 0.1) is 22.0 Å². The van der Waals surface area contributed by atoms with Crippen molar-refractivity contribution in [2.24, 2.45) is 0 Å². The van der Waals surface area contributed by atoms with E-state index in [0.717, 1.165) is 23.8 Å². The third-order valence-electron chi connectivity index (χ3n) is 4.35. The molecule has 0 fully saturated rings. The summed E-state index contributed by atoms with van der Waals surface area (Å²) in [6.07, 6.45) is -4.34. The standard InChI is InChI=1S/C21H16Cl2F3N3O2/c22-15-6-3-13(4-7-15)17-9-10-20(31)29(28-17)11-1-2-19(30)27-18-12-14(21(24,25)26)5-8-16(18)23/h3-10,12H,1-2,11H2,(H,27,30). The number of hydrogen-bond acceptors (Lipinski definition) is 3. The van der Waals surface area contributed by atoms with Gasteiger partial charge in [-0.05, 0) is 42.8 Å². The van der Waals surface area contributed by atoms with Crippen LogP contribution < -0.4 is 10.9 Å². The molecular weight excluding hydrogens is 454 g/mol. The van der Waals surface area contributed by atoms with Crippen molar-refractivity contribution in [3.05, 3.63) is 80.6 Å². The molecule has 3 rings (SSSR count). The highest BCUT2D eigenvalue weighted by molar-refractivity contribution is 6.33. The number of benzene rings is 2. The van der Waals surface area contributed by atoms with E-state index < -0.39 is 17.6 Å². The third kappa shape index (κ3) is 6.08. The van der Waals surface area contributed by atoms with E-state index in [4.69, 9.17) is 23.2 Å². The molecule has 3 aromatic rings. The Morgan fingerprint density at radius 1 is 1.03 bits per heavy atom. The van der Waals surface area contributed by atoms with Gasteiger partial charge >= 0.3 is 6.18 Å². The Balaban J connectivity index is 1.63. The van der Waals surface area contributed by atoms with E-state index in [1.165, 1.54) is 10.7 Å². The van der Waals surface area contributed by atoms with Crippen LogP contribution in [0.15, 0.2) is 59.4 Å². The highest BCUT2D eigenvalue weighted by Gasteiger charge is 2.31. The third-order valence-corrected chi connectivity index (χ3v) is 4.93. The van der Waals surface area contributed by atoms with Gasteiger partial charge < -0.3 is 5.32 Å². The Bertz CT molecular complexity index is 1150. The minimum absolute atomic E-state index is 0.00472. The van der Waals surface area contributed by atoms with Crippen LogP contribution in [0.2, 0.25) is 10.0 Å². The first-order chi connectivity index (χ1) is 14.6. The lowest BCUT2D eigenvalue weighted by Crippen LogP contribution is -2.23. The van der Waals surface area contributed by atoms with E-state index in [1.54, 1.807) is 30.3 Å². The van der Waals surface area contributed by atoms with Crippen molar-refractivity contribution in [3.8, 4) is 11.3 Å². The molecule has 0 spiro atoms. The SMILES string of the molecule is O=C(CCCn1nc(-c2ccc(Cl)cc2)ccc1=O)Nc1cc(C(F)(F)F)ccc1Cl. The van der Waals surface area contributed by atoms with Crippen molar-refractivity contribution in [1.82, 2.24) is 9.78 Å². The summed E-state index contributed by atoms with van der Waals surface area (Å²) in [6.45, 7) is 0.157. The van der Waals surface area contributed by atoms with E-state index >= 15 is 0 Å². The van der Waals surface area contributed by atoms with Crippen LogP contribution in [0.3, 0.4) is 0 Å². The molecule has 0 aliphatic heterocycles. The van der Waals surface area contributed by atoms with Crippen molar-refractivity contribution >= 4 is 34.8 Å². The molecule has 0 atom stereocenters. The van der Waals surface area contributed by atoms with E-state index in [-0.39, 0.29) is 35.7 Å². The largest absolute Gasteiger partial charge is 0.416 e. The van der Waals surface area contributed by atoms with Crippen LogP contribution in [0.1, 0.15) is 18.4 Å². The molecule has 1 amide bonds. The first-order valence-corrected chi connectivity index (χ1v) is 9.90. The molecule has 10 heteroatoms. The molecule has 1 aromatic heterocycles. The summed E-state index contributed by atoms with van der Waals surface area (Å²) in [7, 11) is 0. The number of aryl methyl sites for hydroxylation is 1. The zero-order valence-corrected chi connectivity index (χ0v) is 17.4. The maximum atomic E-state index is 12.8.